The summed E-state index contributed by atoms with van der Waals surface area (Å²) in [6.07, 6.45) is 1.93. The molecule has 2 aromatic carbocycles. The largest absolute Gasteiger partial charge is 0.508 e. The molecule has 2 aromatic rings. The first-order chi connectivity index (χ1) is 8.84. The highest BCUT2D eigenvalue weighted by molar-refractivity contribution is 5.37. The summed E-state index contributed by atoms with van der Waals surface area (Å²) in [6, 6.07) is 16.5. The first-order valence-electron chi connectivity index (χ1n) is 6.42. The van der Waals surface area contributed by atoms with Gasteiger partial charge in [-0.2, -0.15) is 0 Å². The van der Waals surface area contributed by atoms with Crippen LogP contribution in [-0.4, -0.2) is 11.7 Å². The molecule has 0 amide bonds. The Bertz CT molecular complexity index is 550. The maximum absolute atomic E-state index is 9.86. The molecule has 18 heavy (non-hydrogen) atoms. The highest BCUT2D eigenvalue weighted by Crippen LogP contribution is 2.28. The van der Waals surface area contributed by atoms with Crippen LogP contribution >= 0.6 is 0 Å². The van der Waals surface area contributed by atoms with Crippen molar-refractivity contribution >= 4 is 0 Å². The number of hydrogen-bond acceptors (Lipinski definition) is 2. The third-order valence-electron chi connectivity index (χ3n) is 3.63. The number of phenols is 1. The summed E-state index contributed by atoms with van der Waals surface area (Å²) < 4.78 is 0. The number of nitrogens with one attached hydrogen (secondary N) is 1. The van der Waals surface area contributed by atoms with E-state index >= 15 is 0 Å². The second kappa shape index (κ2) is 4.83. The van der Waals surface area contributed by atoms with Crippen molar-refractivity contribution in [3.63, 3.8) is 0 Å². The minimum Gasteiger partial charge on any atom is -0.508 e. The number of hydrogen-bond donors (Lipinski definition) is 2. The van der Waals surface area contributed by atoms with Crippen LogP contribution in [0.3, 0.4) is 0 Å². The molecule has 0 spiro atoms. The van der Waals surface area contributed by atoms with Gasteiger partial charge in [-0.05, 0) is 42.1 Å². The summed E-state index contributed by atoms with van der Waals surface area (Å²) in [6.45, 7) is 1.01. The summed E-state index contributed by atoms with van der Waals surface area (Å²) in [4.78, 5) is 0. The molecule has 1 atom stereocenters. The smallest absolute Gasteiger partial charge is 0.118 e. The maximum atomic E-state index is 9.86. The molecule has 3 rings (SSSR count). The topological polar surface area (TPSA) is 32.3 Å². The van der Waals surface area contributed by atoms with Crippen LogP contribution in [0.25, 0.3) is 0 Å². The minimum absolute atomic E-state index is 0.309. The van der Waals surface area contributed by atoms with E-state index in [-0.39, 0.29) is 0 Å². The van der Waals surface area contributed by atoms with Crippen molar-refractivity contribution in [1.82, 2.24) is 5.32 Å². The number of rotatable bonds is 2. The minimum atomic E-state index is 0.309. The second-order valence-electron chi connectivity index (χ2n) is 4.79. The average molecular weight is 239 g/mol. The Kier molecular flexibility index (Phi) is 3.03. The van der Waals surface area contributed by atoms with E-state index < -0.39 is 0 Å². The fraction of sp³-hybridized carbons (Fsp3) is 0.250. The van der Waals surface area contributed by atoms with Crippen LogP contribution in [0, 0.1) is 0 Å². The molecular formula is C16H17NO. The van der Waals surface area contributed by atoms with Crippen molar-refractivity contribution in [2.45, 2.75) is 18.9 Å². The van der Waals surface area contributed by atoms with Gasteiger partial charge in [0.15, 0.2) is 0 Å². The Hall–Kier alpha value is -1.80. The second-order valence-corrected chi connectivity index (χ2v) is 4.79. The number of para-hydroxylation sites is 1. The quantitative estimate of drug-likeness (QED) is 0.844. The van der Waals surface area contributed by atoms with Crippen LogP contribution in [0.2, 0.25) is 0 Å². The molecule has 1 aliphatic rings. The van der Waals surface area contributed by atoms with Gasteiger partial charge in [-0.25, -0.2) is 0 Å². The standard InChI is InChI=1S/C16H17NO/c18-16-8-4-2-6-13(16)11-15-14-7-3-1-5-12(14)9-10-17-15/h1-8,15,17-18H,9-11H2. The lowest BCUT2D eigenvalue weighted by Gasteiger charge is -2.27. The number of phenolic OH excluding ortho intramolecular Hbond substituents is 1. The van der Waals surface area contributed by atoms with Gasteiger partial charge in [-0.1, -0.05) is 42.5 Å². The highest BCUT2D eigenvalue weighted by atomic mass is 16.3. The molecule has 0 saturated carbocycles. The molecule has 0 saturated heterocycles. The van der Waals surface area contributed by atoms with E-state index in [0.717, 1.165) is 24.9 Å². The Morgan fingerprint density at radius 2 is 1.83 bits per heavy atom. The molecule has 0 aromatic heterocycles. The summed E-state index contributed by atoms with van der Waals surface area (Å²) >= 11 is 0. The van der Waals surface area contributed by atoms with Gasteiger partial charge >= 0.3 is 0 Å². The molecule has 0 fully saturated rings. The summed E-state index contributed by atoms with van der Waals surface area (Å²) in [7, 11) is 0. The number of benzene rings is 2. The van der Waals surface area contributed by atoms with Gasteiger partial charge in [0.25, 0.3) is 0 Å². The van der Waals surface area contributed by atoms with Crippen LogP contribution < -0.4 is 5.32 Å². The molecule has 1 aliphatic heterocycles. The van der Waals surface area contributed by atoms with Crippen LogP contribution in [0.4, 0.5) is 0 Å². The number of fused-ring (bicyclic) bond motifs is 1. The normalized spacial score (nSPS) is 18.3. The zero-order valence-electron chi connectivity index (χ0n) is 10.3. The Labute approximate surface area is 107 Å². The van der Waals surface area contributed by atoms with Crippen LogP contribution in [0.1, 0.15) is 22.7 Å². The molecule has 2 heteroatoms. The molecular weight excluding hydrogens is 222 g/mol. The average Bonchev–Trinajstić information content (AvgIpc) is 2.42. The van der Waals surface area contributed by atoms with E-state index in [2.05, 4.69) is 29.6 Å². The van der Waals surface area contributed by atoms with Gasteiger partial charge in [0.2, 0.25) is 0 Å². The summed E-state index contributed by atoms with van der Waals surface area (Å²) in [5.41, 5.74) is 3.80. The van der Waals surface area contributed by atoms with Crippen molar-refractivity contribution < 1.29 is 5.11 Å². The number of aromatic hydroxyl groups is 1. The molecule has 1 heterocycles. The van der Waals surface area contributed by atoms with Gasteiger partial charge in [-0.15, -0.1) is 0 Å². The van der Waals surface area contributed by atoms with Crippen molar-refractivity contribution in [1.29, 1.82) is 0 Å². The van der Waals surface area contributed by atoms with Gasteiger partial charge < -0.3 is 10.4 Å². The van der Waals surface area contributed by atoms with E-state index in [1.54, 1.807) is 6.07 Å². The van der Waals surface area contributed by atoms with E-state index in [1.807, 2.05) is 18.2 Å². The fourth-order valence-electron chi connectivity index (χ4n) is 2.68. The van der Waals surface area contributed by atoms with Gasteiger partial charge in [0, 0.05) is 6.04 Å². The van der Waals surface area contributed by atoms with Crippen molar-refractivity contribution in [3.8, 4) is 5.75 Å². The zero-order valence-corrected chi connectivity index (χ0v) is 10.3. The third kappa shape index (κ3) is 2.12. The Balaban J connectivity index is 1.89. The lowest BCUT2D eigenvalue weighted by molar-refractivity contribution is 0.452. The lowest BCUT2D eigenvalue weighted by atomic mass is 9.90. The van der Waals surface area contributed by atoms with Crippen molar-refractivity contribution in [3.05, 3.63) is 65.2 Å². The molecule has 1 unspecified atom stereocenters. The maximum Gasteiger partial charge on any atom is 0.118 e. The molecule has 2 N–H and O–H groups in total. The third-order valence-corrected chi connectivity index (χ3v) is 3.63. The van der Waals surface area contributed by atoms with Gasteiger partial charge in [-0.3, -0.25) is 0 Å². The van der Waals surface area contributed by atoms with Gasteiger partial charge in [0.1, 0.15) is 5.75 Å². The first kappa shape index (κ1) is 11.3. The van der Waals surface area contributed by atoms with Crippen LogP contribution in [-0.2, 0) is 12.8 Å². The summed E-state index contributed by atoms with van der Waals surface area (Å²) in [5, 5.41) is 13.4. The van der Waals surface area contributed by atoms with E-state index in [0.29, 0.717) is 11.8 Å². The Morgan fingerprint density at radius 1 is 1.06 bits per heavy atom. The van der Waals surface area contributed by atoms with Gasteiger partial charge in [0.05, 0.1) is 0 Å². The lowest BCUT2D eigenvalue weighted by Crippen LogP contribution is -2.31. The van der Waals surface area contributed by atoms with E-state index in [9.17, 15) is 5.11 Å². The van der Waals surface area contributed by atoms with Crippen molar-refractivity contribution in [2.75, 3.05) is 6.54 Å². The SMILES string of the molecule is Oc1ccccc1CC1NCCc2ccccc21. The predicted octanol–water partition coefficient (Wildman–Crippen LogP) is 2.82. The Morgan fingerprint density at radius 3 is 2.72 bits per heavy atom. The molecule has 0 aliphatic carbocycles. The van der Waals surface area contributed by atoms with Crippen LogP contribution in [0.15, 0.2) is 48.5 Å². The molecule has 2 nitrogen and oxygen atoms in total. The van der Waals surface area contributed by atoms with E-state index in [4.69, 9.17) is 0 Å². The monoisotopic (exact) mass is 239 g/mol. The highest BCUT2D eigenvalue weighted by Gasteiger charge is 2.20. The first-order valence-corrected chi connectivity index (χ1v) is 6.42. The van der Waals surface area contributed by atoms with E-state index in [1.165, 1.54) is 11.1 Å². The summed E-state index contributed by atoms with van der Waals surface area (Å²) in [5.74, 6) is 0.391. The molecule has 0 radical (unpaired) electrons. The molecule has 92 valence electrons. The van der Waals surface area contributed by atoms with Crippen LogP contribution in [0.5, 0.6) is 5.75 Å². The predicted molar refractivity (Wildman–Crippen MR) is 72.7 cm³/mol. The fourth-order valence-corrected chi connectivity index (χ4v) is 2.68. The molecule has 0 bridgehead atoms. The van der Waals surface area contributed by atoms with Crippen molar-refractivity contribution in [2.24, 2.45) is 0 Å². The zero-order chi connectivity index (χ0) is 12.4.